The highest BCUT2D eigenvalue weighted by Gasteiger charge is 2.13. The van der Waals surface area contributed by atoms with Crippen LogP contribution in [0.25, 0.3) is 10.9 Å². The molecule has 0 unspecified atom stereocenters. The van der Waals surface area contributed by atoms with Crippen molar-refractivity contribution in [3.63, 3.8) is 0 Å². The lowest BCUT2D eigenvalue weighted by Crippen LogP contribution is -2.14. The lowest BCUT2D eigenvalue weighted by molar-refractivity contribution is 0.102. The van der Waals surface area contributed by atoms with Crippen molar-refractivity contribution in [2.24, 2.45) is 0 Å². The molecule has 0 aliphatic rings. The van der Waals surface area contributed by atoms with E-state index in [1.807, 2.05) is 41.8 Å². The van der Waals surface area contributed by atoms with Crippen molar-refractivity contribution in [1.29, 1.82) is 0 Å². The highest BCUT2D eigenvalue weighted by Crippen LogP contribution is 2.21. The molecule has 0 fully saturated rings. The molecule has 0 saturated heterocycles. The minimum absolute atomic E-state index is 0.262. The molecule has 4 aromatic rings. The third-order valence-electron chi connectivity index (χ3n) is 3.83. The topological polar surface area (TPSA) is 64.1 Å². The number of carbonyl (C=O) groups excluding carboxylic acids is 1. The van der Waals surface area contributed by atoms with Gasteiger partial charge in [-0.2, -0.15) is 0 Å². The standard InChI is InChI=1S/C20H15N3O2S/c24-20(23-19-10-9-14-5-1-3-7-17(14)22-19)16-6-2-4-8-18(16)25-11-15-12-26-13-21-15/h1-10,12-13H,11H2,(H,22,23,24). The summed E-state index contributed by atoms with van der Waals surface area (Å²) in [7, 11) is 0. The number of pyridine rings is 1. The maximum Gasteiger partial charge on any atom is 0.260 e. The summed E-state index contributed by atoms with van der Waals surface area (Å²) in [5.41, 5.74) is 3.88. The summed E-state index contributed by atoms with van der Waals surface area (Å²) in [5.74, 6) is 0.753. The first-order chi connectivity index (χ1) is 12.8. The minimum atomic E-state index is -0.262. The van der Waals surface area contributed by atoms with Gasteiger partial charge in [-0.15, -0.1) is 11.3 Å². The number of hydrogen-bond acceptors (Lipinski definition) is 5. The summed E-state index contributed by atoms with van der Waals surface area (Å²) in [4.78, 5) is 21.3. The first-order valence-corrected chi connectivity index (χ1v) is 9.00. The number of ether oxygens (including phenoxy) is 1. The van der Waals surface area contributed by atoms with Crippen molar-refractivity contribution >= 4 is 34.0 Å². The van der Waals surface area contributed by atoms with E-state index in [9.17, 15) is 4.79 Å². The summed E-state index contributed by atoms with van der Waals surface area (Å²) in [5, 5.41) is 5.78. The highest BCUT2D eigenvalue weighted by atomic mass is 32.1. The van der Waals surface area contributed by atoms with Gasteiger partial charge in [0, 0.05) is 10.8 Å². The van der Waals surface area contributed by atoms with Crippen LogP contribution in [-0.2, 0) is 6.61 Å². The average molecular weight is 361 g/mol. The number of nitrogens with one attached hydrogen (secondary N) is 1. The normalized spacial score (nSPS) is 10.6. The maximum atomic E-state index is 12.7. The molecular weight excluding hydrogens is 346 g/mol. The molecule has 4 rings (SSSR count). The number of anilines is 1. The van der Waals surface area contributed by atoms with E-state index in [-0.39, 0.29) is 5.91 Å². The number of thiazole rings is 1. The van der Waals surface area contributed by atoms with Crippen LogP contribution in [0.1, 0.15) is 16.1 Å². The Morgan fingerprint density at radius 2 is 1.88 bits per heavy atom. The van der Waals surface area contributed by atoms with E-state index in [1.54, 1.807) is 29.8 Å². The first kappa shape index (κ1) is 16.2. The van der Waals surface area contributed by atoms with E-state index < -0.39 is 0 Å². The number of nitrogens with zero attached hydrogens (tertiary/aromatic N) is 2. The van der Waals surface area contributed by atoms with Gasteiger partial charge in [0.25, 0.3) is 5.91 Å². The molecule has 0 aliphatic heterocycles. The van der Waals surface area contributed by atoms with Crippen molar-refractivity contribution < 1.29 is 9.53 Å². The fraction of sp³-hybridized carbons (Fsp3) is 0.0500. The van der Waals surface area contributed by atoms with Gasteiger partial charge in [-0.1, -0.05) is 30.3 Å². The molecule has 0 aliphatic carbocycles. The summed E-state index contributed by atoms with van der Waals surface area (Å²) < 4.78 is 5.77. The van der Waals surface area contributed by atoms with Crippen molar-refractivity contribution in [2.75, 3.05) is 5.32 Å². The molecule has 6 heteroatoms. The Hall–Kier alpha value is -3.25. The van der Waals surface area contributed by atoms with E-state index in [0.717, 1.165) is 16.6 Å². The smallest absolute Gasteiger partial charge is 0.260 e. The molecule has 1 amide bonds. The molecule has 2 aromatic heterocycles. The second-order valence-electron chi connectivity index (χ2n) is 5.61. The minimum Gasteiger partial charge on any atom is -0.486 e. The summed E-state index contributed by atoms with van der Waals surface area (Å²) in [6, 6.07) is 18.6. The lowest BCUT2D eigenvalue weighted by atomic mass is 10.2. The maximum absolute atomic E-state index is 12.7. The van der Waals surface area contributed by atoms with E-state index in [4.69, 9.17) is 4.74 Å². The van der Waals surface area contributed by atoms with Gasteiger partial charge in [0.2, 0.25) is 0 Å². The van der Waals surface area contributed by atoms with Crippen LogP contribution in [0, 0.1) is 0 Å². The van der Waals surface area contributed by atoms with Crippen molar-refractivity contribution in [1.82, 2.24) is 9.97 Å². The van der Waals surface area contributed by atoms with E-state index in [1.165, 1.54) is 11.3 Å². The largest absolute Gasteiger partial charge is 0.486 e. The van der Waals surface area contributed by atoms with E-state index in [2.05, 4.69) is 15.3 Å². The summed E-state index contributed by atoms with van der Waals surface area (Å²) >= 11 is 1.51. The zero-order chi connectivity index (χ0) is 17.8. The molecule has 0 spiro atoms. The van der Waals surface area contributed by atoms with Gasteiger partial charge in [-0.3, -0.25) is 4.79 Å². The van der Waals surface area contributed by atoms with Gasteiger partial charge in [-0.25, -0.2) is 9.97 Å². The van der Waals surface area contributed by atoms with Crippen LogP contribution in [0.4, 0.5) is 5.82 Å². The molecule has 0 saturated carbocycles. The Morgan fingerprint density at radius 3 is 2.77 bits per heavy atom. The Labute approximate surface area is 154 Å². The number of para-hydroxylation sites is 2. The first-order valence-electron chi connectivity index (χ1n) is 8.05. The second kappa shape index (κ2) is 7.33. The van der Waals surface area contributed by atoms with Crippen LogP contribution in [-0.4, -0.2) is 15.9 Å². The van der Waals surface area contributed by atoms with Crippen LogP contribution in [0.3, 0.4) is 0 Å². The average Bonchev–Trinajstić information content (AvgIpc) is 3.20. The monoisotopic (exact) mass is 361 g/mol. The van der Waals surface area contributed by atoms with Crippen LogP contribution in [0.15, 0.2) is 71.6 Å². The molecule has 0 bridgehead atoms. The van der Waals surface area contributed by atoms with Crippen LogP contribution >= 0.6 is 11.3 Å². The third kappa shape index (κ3) is 3.55. The molecule has 1 N–H and O–H groups in total. The highest BCUT2D eigenvalue weighted by molar-refractivity contribution is 7.07. The fourth-order valence-corrected chi connectivity index (χ4v) is 3.10. The Kier molecular flexibility index (Phi) is 4.57. The SMILES string of the molecule is O=C(Nc1ccc2ccccc2n1)c1ccccc1OCc1cscn1. The number of benzene rings is 2. The fourth-order valence-electron chi connectivity index (χ4n) is 2.56. The summed E-state index contributed by atoms with van der Waals surface area (Å²) in [6.45, 7) is 0.321. The van der Waals surface area contributed by atoms with E-state index in [0.29, 0.717) is 23.7 Å². The van der Waals surface area contributed by atoms with Gasteiger partial charge in [-0.05, 0) is 30.3 Å². The Morgan fingerprint density at radius 1 is 1.04 bits per heavy atom. The molecular formula is C20H15N3O2S. The number of rotatable bonds is 5. The predicted molar refractivity (Wildman–Crippen MR) is 103 cm³/mol. The summed E-state index contributed by atoms with van der Waals surface area (Å²) in [6.07, 6.45) is 0. The van der Waals surface area contributed by atoms with Crippen LogP contribution in [0.5, 0.6) is 5.75 Å². The van der Waals surface area contributed by atoms with Gasteiger partial charge >= 0.3 is 0 Å². The molecule has 2 heterocycles. The number of aromatic nitrogens is 2. The zero-order valence-corrected chi connectivity index (χ0v) is 14.6. The molecule has 0 radical (unpaired) electrons. The zero-order valence-electron chi connectivity index (χ0n) is 13.8. The number of fused-ring (bicyclic) bond motifs is 1. The molecule has 5 nitrogen and oxygen atoms in total. The van der Waals surface area contributed by atoms with Crippen LogP contribution in [0.2, 0.25) is 0 Å². The van der Waals surface area contributed by atoms with Crippen molar-refractivity contribution in [3.8, 4) is 5.75 Å². The van der Waals surface area contributed by atoms with Gasteiger partial charge in [0.1, 0.15) is 18.2 Å². The number of carbonyl (C=O) groups is 1. The van der Waals surface area contributed by atoms with Crippen molar-refractivity contribution in [3.05, 3.63) is 82.8 Å². The number of amides is 1. The Bertz CT molecular complexity index is 1050. The number of hydrogen-bond donors (Lipinski definition) is 1. The van der Waals surface area contributed by atoms with Gasteiger partial charge in [0.15, 0.2) is 0 Å². The van der Waals surface area contributed by atoms with Gasteiger partial charge < -0.3 is 10.1 Å². The van der Waals surface area contributed by atoms with Crippen LogP contribution < -0.4 is 10.1 Å². The lowest BCUT2D eigenvalue weighted by Gasteiger charge is -2.11. The molecule has 0 atom stereocenters. The molecule has 128 valence electrons. The predicted octanol–water partition coefficient (Wildman–Crippen LogP) is 4.52. The quantitative estimate of drug-likeness (QED) is 0.567. The van der Waals surface area contributed by atoms with E-state index >= 15 is 0 Å². The third-order valence-corrected chi connectivity index (χ3v) is 4.47. The second-order valence-corrected chi connectivity index (χ2v) is 6.33. The van der Waals surface area contributed by atoms with Gasteiger partial charge in [0.05, 0.1) is 22.3 Å². The van der Waals surface area contributed by atoms with Crippen molar-refractivity contribution in [2.45, 2.75) is 6.61 Å². The molecule has 2 aromatic carbocycles. The Balaban J connectivity index is 1.53. The molecule has 26 heavy (non-hydrogen) atoms.